The summed E-state index contributed by atoms with van der Waals surface area (Å²) in [4.78, 5) is 2.09. The average molecular weight is 262 g/mol. The zero-order valence-electron chi connectivity index (χ0n) is 11.3. The number of halogens is 1. The van der Waals surface area contributed by atoms with Crippen LogP contribution < -0.4 is 5.32 Å². The quantitative estimate of drug-likeness (QED) is 0.867. The summed E-state index contributed by atoms with van der Waals surface area (Å²) in [6.07, 6.45) is 0. The lowest BCUT2D eigenvalue weighted by Gasteiger charge is -2.15. The maximum Gasteiger partial charge on any atom is 0.123 e. The van der Waals surface area contributed by atoms with Crippen LogP contribution in [0.15, 0.2) is 40.8 Å². The Balaban J connectivity index is 1.91. The molecule has 2 rings (SSSR count). The van der Waals surface area contributed by atoms with Crippen LogP contribution in [0, 0.1) is 5.82 Å². The van der Waals surface area contributed by atoms with Crippen molar-refractivity contribution in [1.82, 2.24) is 10.2 Å². The summed E-state index contributed by atoms with van der Waals surface area (Å²) in [5.41, 5.74) is 0.963. The van der Waals surface area contributed by atoms with Gasteiger partial charge in [-0.15, -0.1) is 0 Å². The van der Waals surface area contributed by atoms with E-state index in [2.05, 4.69) is 10.2 Å². The summed E-state index contributed by atoms with van der Waals surface area (Å²) < 4.78 is 18.8. The second-order valence-electron chi connectivity index (χ2n) is 4.70. The van der Waals surface area contributed by atoms with E-state index in [9.17, 15) is 4.39 Å². The van der Waals surface area contributed by atoms with E-state index in [1.54, 1.807) is 12.1 Å². The SMILES string of the molecule is CNCc1ccc(CN(C)Cc2cccc(F)c2)o1. The smallest absolute Gasteiger partial charge is 0.123 e. The van der Waals surface area contributed by atoms with Crippen molar-refractivity contribution in [1.29, 1.82) is 0 Å². The van der Waals surface area contributed by atoms with E-state index in [1.165, 1.54) is 6.07 Å². The highest BCUT2D eigenvalue weighted by atomic mass is 19.1. The fourth-order valence-corrected chi connectivity index (χ4v) is 2.05. The van der Waals surface area contributed by atoms with Crippen LogP contribution in [0.5, 0.6) is 0 Å². The second kappa shape index (κ2) is 6.50. The maximum absolute atomic E-state index is 13.1. The van der Waals surface area contributed by atoms with Gasteiger partial charge in [0.05, 0.1) is 13.1 Å². The Bertz CT molecular complexity index is 524. The van der Waals surface area contributed by atoms with Crippen LogP contribution in [0.4, 0.5) is 4.39 Å². The van der Waals surface area contributed by atoms with Crippen molar-refractivity contribution in [2.75, 3.05) is 14.1 Å². The predicted octanol–water partition coefficient (Wildman–Crippen LogP) is 2.77. The van der Waals surface area contributed by atoms with E-state index in [-0.39, 0.29) is 5.82 Å². The van der Waals surface area contributed by atoms with Gasteiger partial charge in [-0.1, -0.05) is 12.1 Å². The van der Waals surface area contributed by atoms with Gasteiger partial charge in [-0.2, -0.15) is 0 Å². The van der Waals surface area contributed by atoms with Crippen molar-refractivity contribution < 1.29 is 8.81 Å². The summed E-state index contributed by atoms with van der Waals surface area (Å²) in [7, 11) is 3.88. The van der Waals surface area contributed by atoms with Crippen molar-refractivity contribution in [3.8, 4) is 0 Å². The Labute approximate surface area is 113 Å². The Morgan fingerprint density at radius 3 is 2.68 bits per heavy atom. The van der Waals surface area contributed by atoms with E-state index >= 15 is 0 Å². The van der Waals surface area contributed by atoms with Crippen molar-refractivity contribution in [2.45, 2.75) is 19.6 Å². The van der Waals surface area contributed by atoms with Crippen molar-refractivity contribution >= 4 is 0 Å². The molecular formula is C15H19FN2O. The molecule has 0 amide bonds. The van der Waals surface area contributed by atoms with Crippen LogP contribution in [0.1, 0.15) is 17.1 Å². The van der Waals surface area contributed by atoms with Gasteiger partial charge in [-0.3, -0.25) is 4.90 Å². The first-order valence-electron chi connectivity index (χ1n) is 6.32. The molecular weight excluding hydrogens is 243 g/mol. The summed E-state index contributed by atoms with van der Waals surface area (Å²) in [6.45, 7) is 2.13. The van der Waals surface area contributed by atoms with Gasteiger partial charge in [0, 0.05) is 6.54 Å². The fourth-order valence-electron chi connectivity index (χ4n) is 2.05. The van der Waals surface area contributed by atoms with Gasteiger partial charge in [0.25, 0.3) is 0 Å². The highest BCUT2D eigenvalue weighted by Gasteiger charge is 2.06. The summed E-state index contributed by atoms with van der Waals surface area (Å²) >= 11 is 0. The van der Waals surface area contributed by atoms with Crippen molar-refractivity contribution in [3.63, 3.8) is 0 Å². The molecule has 0 saturated carbocycles. The molecule has 0 bridgehead atoms. The van der Waals surface area contributed by atoms with E-state index in [0.29, 0.717) is 13.1 Å². The van der Waals surface area contributed by atoms with Crippen molar-refractivity contribution in [3.05, 3.63) is 59.3 Å². The third-order valence-electron chi connectivity index (χ3n) is 2.84. The molecule has 0 atom stereocenters. The standard InChI is InChI=1S/C15H19FN2O/c1-17-9-14-6-7-15(19-14)11-18(2)10-12-4-3-5-13(16)8-12/h3-8,17H,9-11H2,1-2H3. The number of nitrogens with one attached hydrogen (secondary N) is 1. The molecule has 1 N–H and O–H groups in total. The Morgan fingerprint density at radius 2 is 1.95 bits per heavy atom. The zero-order valence-corrected chi connectivity index (χ0v) is 11.3. The first kappa shape index (κ1) is 13.8. The maximum atomic E-state index is 13.1. The van der Waals surface area contributed by atoms with Crippen LogP contribution in [-0.2, 0) is 19.6 Å². The Kier molecular flexibility index (Phi) is 4.71. The lowest BCUT2D eigenvalue weighted by molar-refractivity contribution is 0.282. The Morgan fingerprint density at radius 1 is 1.16 bits per heavy atom. The number of nitrogens with zero attached hydrogens (tertiary/aromatic N) is 1. The van der Waals surface area contributed by atoms with Gasteiger partial charge in [-0.25, -0.2) is 4.39 Å². The molecule has 0 aliphatic rings. The van der Waals surface area contributed by atoms with Gasteiger partial charge in [0.15, 0.2) is 0 Å². The second-order valence-corrected chi connectivity index (χ2v) is 4.70. The van der Waals surface area contributed by atoms with Gasteiger partial charge in [-0.05, 0) is 43.9 Å². The molecule has 102 valence electrons. The monoisotopic (exact) mass is 262 g/mol. The normalized spacial score (nSPS) is 11.2. The van der Waals surface area contributed by atoms with Crippen molar-refractivity contribution in [2.24, 2.45) is 0 Å². The molecule has 0 radical (unpaired) electrons. The zero-order chi connectivity index (χ0) is 13.7. The van der Waals surface area contributed by atoms with Gasteiger partial charge in [0.2, 0.25) is 0 Å². The minimum atomic E-state index is -0.194. The number of benzene rings is 1. The molecule has 19 heavy (non-hydrogen) atoms. The van der Waals surface area contributed by atoms with E-state index < -0.39 is 0 Å². The van der Waals surface area contributed by atoms with Gasteiger partial charge >= 0.3 is 0 Å². The first-order valence-corrected chi connectivity index (χ1v) is 6.32. The highest BCUT2D eigenvalue weighted by Crippen LogP contribution is 2.12. The van der Waals surface area contributed by atoms with Crippen LogP contribution in [0.3, 0.4) is 0 Å². The third kappa shape index (κ3) is 4.19. The first-order chi connectivity index (χ1) is 9.17. The summed E-state index contributed by atoms with van der Waals surface area (Å²) in [6, 6.07) is 10.6. The summed E-state index contributed by atoms with van der Waals surface area (Å²) in [5.74, 6) is 1.65. The van der Waals surface area contributed by atoms with Crippen LogP contribution >= 0.6 is 0 Å². The van der Waals surface area contributed by atoms with Crippen LogP contribution in [0.25, 0.3) is 0 Å². The summed E-state index contributed by atoms with van der Waals surface area (Å²) in [5, 5.41) is 3.05. The van der Waals surface area contributed by atoms with Gasteiger partial charge in [0.1, 0.15) is 17.3 Å². The fraction of sp³-hybridized carbons (Fsp3) is 0.333. The van der Waals surface area contributed by atoms with E-state index in [1.807, 2.05) is 32.3 Å². The molecule has 1 heterocycles. The molecule has 0 unspecified atom stereocenters. The van der Waals surface area contributed by atoms with Crippen LogP contribution in [-0.4, -0.2) is 19.0 Å². The molecule has 0 aliphatic carbocycles. The molecule has 0 spiro atoms. The molecule has 3 nitrogen and oxygen atoms in total. The lowest BCUT2D eigenvalue weighted by Crippen LogP contribution is -2.16. The highest BCUT2D eigenvalue weighted by molar-refractivity contribution is 5.16. The van der Waals surface area contributed by atoms with Crippen LogP contribution in [0.2, 0.25) is 0 Å². The molecule has 0 aliphatic heterocycles. The molecule has 2 aromatic rings. The molecule has 1 aromatic heterocycles. The minimum absolute atomic E-state index is 0.194. The third-order valence-corrected chi connectivity index (χ3v) is 2.84. The number of hydrogen-bond acceptors (Lipinski definition) is 3. The number of rotatable bonds is 6. The number of furan rings is 1. The minimum Gasteiger partial charge on any atom is -0.463 e. The van der Waals surface area contributed by atoms with Gasteiger partial charge < -0.3 is 9.73 Å². The lowest BCUT2D eigenvalue weighted by atomic mass is 10.2. The topological polar surface area (TPSA) is 28.4 Å². The molecule has 0 fully saturated rings. The molecule has 4 heteroatoms. The largest absolute Gasteiger partial charge is 0.463 e. The Hall–Kier alpha value is -1.65. The molecule has 1 aromatic carbocycles. The number of hydrogen-bond donors (Lipinski definition) is 1. The molecule has 0 saturated heterocycles. The predicted molar refractivity (Wildman–Crippen MR) is 73.0 cm³/mol. The average Bonchev–Trinajstić information content (AvgIpc) is 2.77. The van der Waals surface area contributed by atoms with E-state index in [4.69, 9.17) is 4.42 Å². The van der Waals surface area contributed by atoms with E-state index in [0.717, 1.165) is 23.6 Å².